The van der Waals surface area contributed by atoms with E-state index in [2.05, 4.69) is 20.0 Å². The van der Waals surface area contributed by atoms with Gasteiger partial charge < -0.3 is 19.5 Å². The molecule has 0 fully saturated rings. The lowest BCUT2D eigenvalue weighted by Gasteiger charge is -2.11. The van der Waals surface area contributed by atoms with Crippen molar-refractivity contribution in [3.8, 4) is 17.4 Å². The Morgan fingerprint density at radius 3 is 2.10 bits per heavy atom. The van der Waals surface area contributed by atoms with Gasteiger partial charge in [-0.25, -0.2) is 18.4 Å². The number of benzene rings is 2. The number of carbonyl (C=O) groups excluding carboxylic acids is 1. The van der Waals surface area contributed by atoms with Crippen LogP contribution >= 0.6 is 0 Å². The smallest absolute Gasteiger partial charge is 0.263 e. The molecule has 3 rings (SSSR count). The van der Waals surface area contributed by atoms with E-state index in [1.54, 1.807) is 18.2 Å². The molecule has 0 aliphatic heterocycles. The number of carbonyl (C=O) groups is 1. The van der Waals surface area contributed by atoms with E-state index in [-0.39, 0.29) is 16.6 Å². The van der Waals surface area contributed by atoms with Crippen LogP contribution in [0.3, 0.4) is 0 Å². The van der Waals surface area contributed by atoms with Crippen molar-refractivity contribution in [3.05, 3.63) is 60.4 Å². The second-order valence-corrected chi connectivity index (χ2v) is 7.81. The summed E-state index contributed by atoms with van der Waals surface area (Å²) in [7, 11) is 0.491. The topological polar surface area (TPSA) is 129 Å². The number of aromatic nitrogens is 2. The van der Waals surface area contributed by atoms with E-state index >= 15 is 0 Å². The molecule has 0 aliphatic rings. The summed E-state index contributed by atoms with van der Waals surface area (Å²) < 4.78 is 42.8. The quantitative estimate of drug-likeness (QED) is 0.542. The van der Waals surface area contributed by atoms with Crippen molar-refractivity contribution in [1.82, 2.24) is 9.97 Å². The molecular formula is C20H20N4O6S. The molecule has 0 unspecified atom stereocenters. The van der Waals surface area contributed by atoms with Crippen molar-refractivity contribution >= 4 is 27.4 Å². The van der Waals surface area contributed by atoms with E-state index in [4.69, 9.17) is 14.2 Å². The SMILES string of the molecule is COc1cc(OC)cc(C(=O)Nc2ccc(S(=O)(=O)Nc3cc(OC)ncn3)cc2)c1. The molecule has 2 N–H and O–H groups in total. The molecule has 0 spiro atoms. The number of hydrogen-bond acceptors (Lipinski definition) is 8. The molecular weight excluding hydrogens is 424 g/mol. The van der Waals surface area contributed by atoms with E-state index in [0.717, 1.165) is 0 Å². The molecule has 0 atom stereocenters. The third-order valence-electron chi connectivity index (χ3n) is 4.13. The number of ether oxygens (including phenoxy) is 3. The summed E-state index contributed by atoms with van der Waals surface area (Å²) in [6.07, 6.45) is 1.18. The Balaban J connectivity index is 1.74. The van der Waals surface area contributed by atoms with Crippen LogP contribution in [0.1, 0.15) is 10.4 Å². The van der Waals surface area contributed by atoms with Gasteiger partial charge >= 0.3 is 0 Å². The first-order chi connectivity index (χ1) is 14.8. The maximum atomic E-state index is 12.6. The Morgan fingerprint density at radius 2 is 1.52 bits per heavy atom. The van der Waals surface area contributed by atoms with Gasteiger partial charge in [0.15, 0.2) is 0 Å². The number of nitrogens with zero attached hydrogens (tertiary/aromatic N) is 2. The van der Waals surface area contributed by atoms with Crippen LogP contribution in [0, 0.1) is 0 Å². The maximum absolute atomic E-state index is 12.6. The first kappa shape index (κ1) is 21.8. The lowest BCUT2D eigenvalue weighted by atomic mass is 10.2. The van der Waals surface area contributed by atoms with E-state index in [1.165, 1.54) is 58.0 Å². The minimum absolute atomic E-state index is 0.00822. The minimum atomic E-state index is -3.90. The normalized spacial score (nSPS) is 10.8. The molecule has 2 aromatic carbocycles. The van der Waals surface area contributed by atoms with Gasteiger partial charge in [0.2, 0.25) is 5.88 Å². The Labute approximate surface area is 179 Å². The van der Waals surface area contributed by atoms with E-state index in [9.17, 15) is 13.2 Å². The Hall–Kier alpha value is -3.86. The fourth-order valence-corrected chi connectivity index (χ4v) is 3.56. The largest absolute Gasteiger partial charge is 0.497 e. The van der Waals surface area contributed by atoms with E-state index < -0.39 is 15.9 Å². The number of rotatable bonds is 8. The Morgan fingerprint density at radius 1 is 0.871 bits per heavy atom. The second-order valence-electron chi connectivity index (χ2n) is 6.13. The highest BCUT2D eigenvalue weighted by molar-refractivity contribution is 7.92. The van der Waals surface area contributed by atoms with Crippen LogP contribution in [0.2, 0.25) is 0 Å². The van der Waals surface area contributed by atoms with Crippen molar-refractivity contribution in [2.45, 2.75) is 4.90 Å². The molecule has 3 aromatic rings. The first-order valence-electron chi connectivity index (χ1n) is 8.88. The molecule has 1 aromatic heterocycles. The van der Waals surface area contributed by atoms with Crippen LogP contribution in [0.15, 0.2) is 59.8 Å². The molecule has 11 heteroatoms. The maximum Gasteiger partial charge on any atom is 0.263 e. The summed E-state index contributed by atoms with van der Waals surface area (Å²) in [4.78, 5) is 20.2. The molecule has 10 nitrogen and oxygen atoms in total. The fraction of sp³-hybridized carbons (Fsp3) is 0.150. The molecule has 0 bridgehead atoms. The van der Waals surface area contributed by atoms with Gasteiger partial charge in [-0.3, -0.25) is 9.52 Å². The fourth-order valence-electron chi connectivity index (χ4n) is 2.56. The van der Waals surface area contributed by atoms with Gasteiger partial charge in [-0.1, -0.05) is 0 Å². The van der Waals surface area contributed by atoms with Gasteiger partial charge in [0.25, 0.3) is 15.9 Å². The molecule has 0 saturated carbocycles. The van der Waals surface area contributed by atoms with Crippen molar-refractivity contribution < 1.29 is 27.4 Å². The second kappa shape index (κ2) is 9.30. The summed E-state index contributed by atoms with van der Waals surface area (Å²) in [5.74, 6) is 0.826. The zero-order valence-corrected chi connectivity index (χ0v) is 17.8. The van der Waals surface area contributed by atoms with Crippen molar-refractivity contribution in [2.75, 3.05) is 31.4 Å². The molecule has 162 valence electrons. The predicted octanol–water partition coefficient (Wildman–Crippen LogP) is 2.56. The van der Waals surface area contributed by atoms with Crippen LogP contribution in [-0.2, 0) is 10.0 Å². The third-order valence-corrected chi connectivity index (χ3v) is 5.50. The summed E-state index contributed by atoms with van der Waals surface area (Å²) in [6.45, 7) is 0. The predicted molar refractivity (Wildman–Crippen MR) is 113 cm³/mol. The van der Waals surface area contributed by atoms with Gasteiger partial charge in [-0.05, 0) is 36.4 Å². The highest BCUT2D eigenvalue weighted by Gasteiger charge is 2.16. The van der Waals surface area contributed by atoms with Crippen molar-refractivity contribution in [3.63, 3.8) is 0 Å². The average Bonchev–Trinajstić information content (AvgIpc) is 2.78. The zero-order valence-electron chi connectivity index (χ0n) is 16.9. The van der Waals surface area contributed by atoms with Crippen LogP contribution in [0.4, 0.5) is 11.5 Å². The number of hydrogen-bond donors (Lipinski definition) is 2. The molecule has 1 amide bonds. The third kappa shape index (κ3) is 5.39. The standard InChI is InChI=1S/C20H20N4O6S/c1-28-15-8-13(9-16(10-15)29-2)20(25)23-14-4-6-17(7-5-14)31(26,27)24-18-11-19(30-3)22-12-21-18/h4-12H,1-3H3,(H,23,25)(H,21,22,24). The summed E-state index contributed by atoms with van der Waals surface area (Å²) in [5, 5.41) is 2.70. The Kier molecular flexibility index (Phi) is 6.55. The minimum Gasteiger partial charge on any atom is -0.497 e. The molecule has 0 radical (unpaired) electrons. The van der Waals surface area contributed by atoms with Crippen LogP contribution in [0.25, 0.3) is 0 Å². The number of anilines is 2. The molecule has 0 saturated heterocycles. The monoisotopic (exact) mass is 444 g/mol. The number of nitrogens with one attached hydrogen (secondary N) is 2. The Bertz CT molecular complexity index is 1160. The zero-order chi connectivity index (χ0) is 22.4. The summed E-state index contributed by atoms with van der Waals surface area (Å²) in [5.41, 5.74) is 0.738. The number of amides is 1. The molecule has 1 heterocycles. The van der Waals surface area contributed by atoms with Gasteiger partial charge in [-0.15, -0.1) is 0 Å². The van der Waals surface area contributed by atoms with E-state index in [0.29, 0.717) is 22.7 Å². The van der Waals surface area contributed by atoms with Crippen LogP contribution in [-0.4, -0.2) is 45.6 Å². The van der Waals surface area contributed by atoms with Gasteiger partial charge in [0.05, 0.1) is 26.2 Å². The average molecular weight is 444 g/mol. The van der Waals surface area contributed by atoms with Crippen LogP contribution in [0.5, 0.6) is 17.4 Å². The summed E-state index contributed by atoms with van der Waals surface area (Å²) >= 11 is 0. The van der Waals surface area contributed by atoms with Crippen molar-refractivity contribution in [1.29, 1.82) is 0 Å². The molecule has 0 aliphatic carbocycles. The van der Waals surface area contributed by atoms with Gasteiger partial charge in [0, 0.05) is 23.4 Å². The number of methoxy groups -OCH3 is 3. The van der Waals surface area contributed by atoms with Crippen molar-refractivity contribution in [2.24, 2.45) is 0 Å². The van der Waals surface area contributed by atoms with Crippen LogP contribution < -0.4 is 24.2 Å². The molecule has 31 heavy (non-hydrogen) atoms. The summed E-state index contributed by atoms with van der Waals surface area (Å²) in [6, 6.07) is 11.8. The van der Waals surface area contributed by atoms with Gasteiger partial charge in [-0.2, -0.15) is 0 Å². The lowest BCUT2D eigenvalue weighted by molar-refractivity contribution is 0.102. The highest BCUT2D eigenvalue weighted by Crippen LogP contribution is 2.24. The van der Waals surface area contributed by atoms with Gasteiger partial charge in [0.1, 0.15) is 23.6 Å². The first-order valence-corrected chi connectivity index (χ1v) is 10.4. The number of sulfonamides is 1. The van der Waals surface area contributed by atoms with E-state index in [1.807, 2.05) is 0 Å². The highest BCUT2D eigenvalue weighted by atomic mass is 32.2. The lowest BCUT2D eigenvalue weighted by Crippen LogP contribution is -2.15.